The third-order valence-corrected chi connectivity index (χ3v) is 4.57. The Labute approximate surface area is 168 Å². The Kier molecular flexibility index (Phi) is 6.41. The van der Waals surface area contributed by atoms with Gasteiger partial charge in [-0.05, 0) is 35.9 Å². The molecule has 1 atom stereocenters. The number of aliphatic hydroxyl groups excluding tert-OH is 1. The fourth-order valence-corrected chi connectivity index (χ4v) is 3.20. The molecule has 150 valence electrons. The molecule has 1 amide bonds. The molecule has 0 spiro atoms. The van der Waals surface area contributed by atoms with Crippen molar-refractivity contribution in [1.82, 2.24) is 9.88 Å². The molecule has 0 unspecified atom stereocenters. The Morgan fingerprint density at radius 2 is 2.03 bits per heavy atom. The Balaban J connectivity index is 2.04. The Morgan fingerprint density at radius 1 is 1.28 bits per heavy atom. The minimum Gasteiger partial charge on any atom is -0.507 e. The Hall–Kier alpha value is -3.45. The number of Topliss-reactive ketones (excluding diaryl/α,β-unsaturated/α-hetero) is 1. The van der Waals surface area contributed by atoms with Gasteiger partial charge in [0.1, 0.15) is 18.1 Å². The molecule has 1 aromatic heterocycles. The smallest absolute Gasteiger partial charge is 0.295 e. The number of nitrogens with zero attached hydrogens (tertiary/aromatic N) is 2. The van der Waals surface area contributed by atoms with Crippen LogP contribution in [0.4, 0.5) is 0 Å². The van der Waals surface area contributed by atoms with Crippen LogP contribution >= 0.6 is 0 Å². The number of ketones is 1. The predicted octanol–water partition coefficient (Wildman–Crippen LogP) is 2.71. The summed E-state index contributed by atoms with van der Waals surface area (Å²) in [6.07, 6.45) is 4.81. The van der Waals surface area contributed by atoms with E-state index in [1.54, 1.807) is 54.9 Å². The number of likely N-dealkylation sites (tertiary alicyclic amines) is 1. The molecule has 3 rings (SSSR count). The first-order valence-electron chi connectivity index (χ1n) is 9.10. The molecular formula is C22H22N2O5. The average Bonchev–Trinajstić information content (AvgIpc) is 3.01. The molecule has 2 heterocycles. The van der Waals surface area contributed by atoms with Crippen molar-refractivity contribution in [3.8, 4) is 5.75 Å². The molecule has 1 aliphatic rings. The van der Waals surface area contributed by atoms with Gasteiger partial charge < -0.3 is 19.5 Å². The topological polar surface area (TPSA) is 89.0 Å². The summed E-state index contributed by atoms with van der Waals surface area (Å²) >= 11 is 0. The maximum Gasteiger partial charge on any atom is 0.295 e. The normalized spacial score (nSPS) is 18.1. The summed E-state index contributed by atoms with van der Waals surface area (Å²) in [5.74, 6) is -1.05. The van der Waals surface area contributed by atoms with E-state index in [1.807, 2.05) is 0 Å². The van der Waals surface area contributed by atoms with Gasteiger partial charge in [0.2, 0.25) is 0 Å². The van der Waals surface area contributed by atoms with Crippen LogP contribution in [-0.2, 0) is 14.3 Å². The number of carbonyl (C=O) groups is 2. The van der Waals surface area contributed by atoms with Gasteiger partial charge in [-0.1, -0.05) is 18.7 Å². The number of rotatable bonds is 8. The van der Waals surface area contributed by atoms with E-state index >= 15 is 0 Å². The van der Waals surface area contributed by atoms with E-state index in [-0.39, 0.29) is 24.5 Å². The molecule has 1 N–H and O–H groups in total. The van der Waals surface area contributed by atoms with E-state index in [4.69, 9.17) is 9.47 Å². The van der Waals surface area contributed by atoms with Crippen LogP contribution in [0.3, 0.4) is 0 Å². The van der Waals surface area contributed by atoms with Gasteiger partial charge in [0, 0.05) is 31.6 Å². The van der Waals surface area contributed by atoms with E-state index in [0.717, 1.165) is 0 Å². The molecule has 1 fully saturated rings. The predicted molar refractivity (Wildman–Crippen MR) is 107 cm³/mol. The number of hydrogen-bond acceptors (Lipinski definition) is 6. The van der Waals surface area contributed by atoms with Crippen LogP contribution < -0.4 is 4.74 Å². The highest BCUT2D eigenvalue weighted by atomic mass is 16.5. The molecule has 29 heavy (non-hydrogen) atoms. The van der Waals surface area contributed by atoms with E-state index < -0.39 is 17.7 Å². The van der Waals surface area contributed by atoms with Gasteiger partial charge in [-0.15, -0.1) is 0 Å². The minimum absolute atomic E-state index is 0.0267. The molecule has 0 radical (unpaired) electrons. The van der Waals surface area contributed by atoms with E-state index in [1.165, 1.54) is 12.0 Å². The zero-order chi connectivity index (χ0) is 20.8. The third kappa shape index (κ3) is 4.20. The second-order valence-corrected chi connectivity index (χ2v) is 6.40. The van der Waals surface area contributed by atoms with Crippen molar-refractivity contribution in [3.05, 3.63) is 78.1 Å². The first kappa shape index (κ1) is 20.3. The van der Waals surface area contributed by atoms with Gasteiger partial charge in [-0.25, -0.2) is 0 Å². The molecule has 1 aliphatic heterocycles. The molecule has 0 bridgehead atoms. The monoisotopic (exact) mass is 394 g/mol. The maximum absolute atomic E-state index is 12.8. The second kappa shape index (κ2) is 9.16. The first-order chi connectivity index (χ1) is 14.1. The average molecular weight is 394 g/mol. The summed E-state index contributed by atoms with van der Waals surface area (Å²) < 4.78 is 10.5. The highest BCUT2D eigenvalue weighted by Crippen LogP contribution is 2.39. The van der Waals surface area contributed by atoms with Crippen molar-refractivity contribution < 1.29 is 24.2 Å². The van der Waals surface area contributed by atoms with Crippen molar-refractivity contribution in [2.45, 2.75) is 6.04 Å². The van der Waals surface area contributed by atoms with Crippen molar-refractivity contribution in [3.63, 3.8) is 0 Å². The first-order valence-corrected chi connectivity index (χ1v) is 9.10. The van der Waals surface area contributed by atoms with Crippen LogP contribution in [0.15, 0.2) is 67.0 Å². The van der Waals surface area contributed by atoms with Crippen LogP contribution in [-0.4, -0.2) is 53.5 Å². The van der Waals surface area contributed by atoms with Crippen molar-refractivity contribution in [1.29, 1.82) is 0 Å². The molecule has 0 aliphatic carbocycles. The molecule has 0 saturated carbocycles. The summed E-state index contributed by atoms with van der Waals surface area (Å²) in [4.78, 5) is 30.9. The molecule has 7 nitrogen and oxygen atoms in total. The summed E-state index contributed by atoms with van der Waals surface area (Å²) in [6, 6.07) is 9.38. The van der Waals surface area contributed by atoms with Gasteiger partial charge in [-0.2, -0.15) is 0 Å². The Bertz CT molecular complexity index is 922. The third-order valence-electron chi connectivity index (χ3n) is 4.57. The highest BCUT2D eigenvalue weighted by molar-refractivity contribution is 6.46. The lowest BCUT2D eigenvalue weighted by Crippen LogP contribution is -2.32. The van der Waals surface area contributed by atoms with Gasteiger partial charge in [0.15, 0.2) is 0 Å². The summed E-state index contributed by atoms with van der Waals surface area (Å²) in [7, 11) is 1.52. The largest absolute Gasteiger partial charge is 0.507 e. The lowest BCUT2D eigenvalue weighted by molar-refractivity contribution is -0.140. The lowest BCUT2D eigenvalue weighted by Gasteiger charge is -2.24. The quantitative estimate of drug-likeness (QED) is 0.321. The van der Waals surface area contributed by atoms with Gasteiger partial charge in [0.25, 0.3) is 11.7 Å². The molecule has 1 aromatic carbocycles. The van der Waals surface area contributed by atoms with E-state index in [2.05, 4.69) is 11.6 Å². The van der Waals surface area contributed by atoms with Crippen molar-refractivity contribution >= 4 is 17.4 Å². The fourth-order valence-electron chi connectivity index (χ4n) is 3.20. The van der Waals surface area contributed by atoms with Crippen LogP contribution in [0.1, 0.15) is 17.2 Å². The number of methoxy groups -OCH3 is 1. The van der Waals surface area contributed by atoms with Crippen LogP contribution in [0.2, 0.25) is 0 Å². The summed E-state index contributed by atoms with van der Waals surface area (Å²) in [5, 5.41) is 10.9. The molecule has 7 heteroatoms. The maximum atomic E-state index is 12.8. The fraction of sp³-hybridized carbons (Fsp3) is 0.227. The van der Waals surface area contributed by atoms with Crippen LogP contribution in [0.25, 0.3) is 5.76 Å². The zero-order valence-electron chi connectivity index (χ0n) is 16.1. The Morgan fingerprint density at radius 3 is 2.66 bits per heavy atom. The number of amides is 1. The van der Waals surface area contributed by atoms with Gasteiger partial charge in [0.05, 0.1) is 18.2 Å². The highest BCUT2D eigenvalue weighted by Gasteiger charge is 2.45. The number of ether oxygens (including phenoxy) is 2. The van der Waals surface area contributed by atoms with Crippen LogP contribution in [0, 0.1) is 0 Å². The molecular weight excluding hydrogens is 372 g/mol. The van der Waals surface area contributed by atoms with Gasteiger partial charge in [-0.3, -0.25) is 14.6 Å². The number of hydrogen-bond donors (Lipinski definition) is 1. The minimum atomic E-state index is -0.740. The number of aromatic nitrogens is 1. The van der Waals surface area contributed by atoms with E-state index in [0.29, 0.717) is 23.5 Å². The summed E-state index contributed by atoms with van der Waals surface area (Å²) in [5.41, 5.74) is 1.07. The SMILES string of the molecule is C=CCOc1ccc(/C(O)=C2/C(=O)C(=O)N(CCOC)[C@H]2c2cccnc2)cc1. The zero-order valence-corrected chi connectivity index (χ0v) is 16.1. The number of pyridine rings is 1. The van der Waals surface area contributed by atoms with Gasteiger partial charge >= 0.3 is 0 Å². The summed E-state index contributed by atoms with van der Waals surface area (Å²) in [6.45, 7) is 4.43. The second-order valence-electron chi connectivity index (χ2n) is 6.40. The standard InChI is InChI=1S/C22H22N2O5/c1-3-12-29-17-8-6-15(7-9-17)20(25)18-19(16-5-4-10-23-14-16)24(11-13-28-2)22(27)21(18)26/h3-10,14,19,25H,1,11-13H2,2H3/b20-18-/t19-/m0/s1. The molecule has 1 saturated heterocycles. The number of benzene rings is 1. The van der Waals surface area contributed by atoms with Crippen LogP contribution in [0.5, 0.6) is 5.75 Å². The number of carbonyl (C=O) groups excluding carboxylic acids is 2. The van der Waals surface area contributed by atoms with Crippen molar-refractivity contribution in [2.24, 2.45) is 0 Å². The van der Waals surface area contributed by atoms with Crippen molar-refractivity contribution in [2.75, 3.05) is 26.9 Å². The number of aliphatic hydroxyl groups is 1. The lowest BCUT2D eigenvalue weighted by atomic mass is 9.96. The van der Waals surface area contributed by atoms with E-state index in [9.17, 15) is 14.7 Å². The molecule has 2 aromatic rings.